The highest BCUT2D eigenvalue weighted by molar-refractivity contribution is 5.76. The molecule has 1 atom stereocenters. The molecule has 3 nitrogen and oxygen atoms in total. The largest absolute Gasteiger partial charge is 0.353 e. The van der Waals surface area contributed by atoms with Crippen LogP contribution in [0.4, 0.5) is 0 Å². The van der Waals surface area contributed by atoms with Crippen molar-refractivity contribution in [2.45, 2.75) is 57.9 Å². The highest BCUT2D eigenvalue weighted by Gasteiger charge is 2.24. The molecule has 2 aliphatic rings. The summed E-state index contributed by atoms with van der Waals surface area (Å²) in [5, 5.41) is 6.42. The van der Waals surface area contributed by atoms with E-state index < -0.39 is 0 Å². The molecule has 0 bridgehead atoms. The van der Waals surface area contributed by atoms with Gasteiger partial charge in [0.2, 0.25) is 5.91 Å². The summed E-state index contributed by atoms with van der Waals surface area (Å²) in [6.07, 6.45) is 8.76. The SMILES string of the molecule is C[C@@H](NC(=O)CC1CNC1)C1CCCCCC1. The van der Waals surface area contributed by atoms with Crippen LogP contribution in [0.3, 0.4) is 0 Å². The highest BCUT2D eigenvalue weighted by Crippen LogP contribution is 2.25. The van der Waals surface area contributed by atoms with E-state index in [4.69, 9.17) is 0 Å². The fraction of sp³-hybridized carbons (Fsp3) is 0.929. The lowest BCUT2D eigenvalue weighted by Gasteiger charge is -2.28. The molecule has 0 aromatic rings. The summed E-state index contributed by atoms with van der Waals surface area (Å²) in [6, 6.07) is 0.369. The number of amides is 1. The van der Waals surface area contributed by atoms with Crippen molar-refractivity contribution >= 4 is 5.91 Å². The minimum atomic E-state index is 0.258. The lowest BCUT2D eigenvalue weighted by Crippen LogP contribution is -2.46. The number of carbonyl (C=O) groups is 1. The first kappa shape index (κ1) is 12.9. The third-order valence-corrected chi connectivity index (χ3v) is 4.34. The first-order chi connectivity index (χ1) is 8.25. The van der Waals surface area contributed by atoms with E-state index >= 15 is 0 Å². The van der Waals surface area contributed by atoms with Crippen molar-refractivity contribution < 1.29 is 4.79 Å². The van der Waals surface area contributed by atoms with Gasteiger partial charge < -0.3 is 10.6 Å². The van der Waals surface area contributed by atoms with E-state index in [1.807, 2.05) is 0 Å². The summed E-state index contributed by atoms with van der Waals surface area (Å²) in [5.74, 6) is 1.55. The molecule has 17 heavy (non-hydrogen) atoms. The van der Waals surface area contributed by atoms with Crippen LogP contribution in [0.15, 0.2) is 0 Å². The first-order valence-electron chi connectivity index (χ1n) is 7.26. The van der Waals surface area contributed by atoms with Crippen molar-refractivity contribution in [2.75, 3.05) is 13.1 Å². The van der Waals surface area contributed by atoms with Crippen LogP contribution in [-0.2, 0) is 4.79 Å². The third-order valence-electron chi connectivity index (χ3n) is 4.34. The maximum absolute atomic E-state index is 11.8. The molecule has 1 amide bonds. The van der Waals surface area contributed by atoms with E-state index in [9.17, 15) is 4.79 Å². The summed E-state index contributed by atoms with van der Waals surface area (Å²) in [4.78, 5) is 11.8. The fourth-order valence-electron chi connectivity index (χ4n) is 3.00. The number of rotatable bonds is 4. The molecule has 1 heterocycles. The van der Waals surface area contributed by atoms with E-state index in [1.54, 1.807) is 0 Å². The molecule has 2 N–H and O–H groups in total. The topological polar surface area (TPSA) is 41.1 Å². The zero-order valence-electron chi connectivity index (χ0n) is 11.0. The smallest absolute Gasteiger partial charge is 0.220 e. The maximum Gasteiger partial charge on any atom is 0.220 e. The molecule has 1 aliphatic heterocycles. The van der Waals surface area contributed by atoms with Crippen LogP contribution in [0.25, 0.3) is 0 Å². The first-order valence-corrected chi connectivity index (χ1v) is 7.26. The van der Waals surface area contributed by atoms with Gasteiger partial charge in [-0.1, -0.05) is 25.7 Å². The standard InChI is InChI=1S/C14H26N2O/c1-11(13-6-4-2-3-5-7-13)16-14(17)8-12-9-15-10-12/h11-13,15H,2-10H2,1H3,(H,16,17)/t11-/m1/s1. The molecule has 0 unspecified atom stereocenters. The Kier molecular flexibility index (Phi) is 4.84. The Morgan fingerprint density at radius 3 is 2.41 bits per heavy atom. The number of hydrogen-bond acceptors (Lipinski definition) is 2. The Hall–Kier alpha value is -0.570. The quantitative estimate of drug-likeness (QED) is 0.736. The van der Waals surface area contributed by atoms with Crippen LogP contribution in [0, 0.1) is 11.8 Å². The maximum atomic E-state index is 11.8. The number of nitrogens with one attached hydrogen (secondary N) is 2. The van der Waals surface area contributed by atoms with Crippen LogP contribution in [0.5, 0.6) is 0 Å². The van der Waals surface area contributed by atoms with Crippen molar-refractivity contribution in [3.8, 4) is 0 Å². The molecule has 1 saturated heterocycles. The van der Waals surface area contributed by atoms with Gasteiger partial charge in [-0.25, -0.2) is 0 Å². The zero-order valence-corrected chi connectivity index (χ0v) is 11.0. The summed E-state index contributed by atoms with van der Waals surface area (Å²) in [5.41, 5.74) is 0. The van der Waals surface area contributed by atoms with Crippen LogP contribution in [-0.4, -0.2) is 25.0 Å². The predicted molar refractivity (Wildman–Crippen MR) is 69.8 cm³/mol. The highest BCUT2D eigenvalue weighted by atomic mass is 16.1. The van der Waals surface area contributed by atoms with Crippen molar-refractivity contribution in [3.63, 3.8) is 0 Å². The van der Waals surface area contributed by atoms with E-state index in [2.05, 4.69) is 17.6 Å². The van der Waals surface area contributed by atoms with Crippen molar-refractivity contribution in [1.29, 1.82) is 0 Å². The van der Waals surface area contributed by atoms with Gasteiger partial charge in [-0.3, -0.25) is 4.79 Å². The van der Waals surface area contributed by atoms with Gasteiger partial charge >= 0.3 is 0 Å². The predicted octanol–water partition coefficient (Wildman–Crippen LogP) is 2.07. The molecular weight excluding hydrogens is 212 g/mol. The molecule has 98 valence electrons. The van der Waals surface area contributed by atoms with Gasteiger partial charge in [0, 0.05) is 12.5 Å². The average molecular weight is 238 g/mol. The molecule has 0 radical (unpaired) electrons. The second-order valence-corrected chi connectivity index (χ2v) is 5.84. The minimum absolute atomic E-state index is 0.258. The van der Waals surface area contributed by atoms with Crippen molar-refractivity contribution in [3.05, 3.63) is 0 Å². The van der Waals surface area contributed by atoms with Gasteiger partial charge in [-0.15, -0.1) is 0 Å². The van der Waals surface area contributed by atoms with Gasteiger partial charge in [0.1, 0.15) is 0 Å². The Labute approximate surface area is 105 Å². The molecule has 2 rings (SSSR count). The van der Waals surface area contributed by atoms with Crippen LogP contribution in [0.2, 0.25) is 0 Å². The molecule has 2 fully saturated rings. The van der Waals surface area contributed by atoms with E-state index in [-0.39, 0.29) is 5.91 Å². The second kappa shape index (κ2) is 6.39. The molecule has 1 aliphatic carbocycles. The lowest BCUT2D eigenvalue weighted by atomic mass is 9.92. The van der Waals surface area contributed by atoms with Gasteiger partial charge in [-0.05, 0) is 44.7 Å². The third kappa shape index (κ3) is 3.98. The van der Waals surface area contributed by atoms with Gasteiger partial charge in [0.05, 0.1) is 0 Å². The lowest BCUT2D eigenvalue weighted by molar-refractivity contribution is -0.123. The zero-order chi connectivity index (χ0) is 12.1. The number of hydrogen-bond donors (Lipinski definition) is 2. The Morgan fingerprint density at radius 2 is 1.88 bits per heavy atom. The van der Waals surface area contributed by atoms with E-state index in [0.29, 0.717) is 24.3 Å². The van der Waals surface area contributed by atoms with E-state index in [1.165, 1.54) is 38.5 Å². The van der Waals surface area contributed by atoms with Gasteiger partial charge in [0.25, 0.3) is 0 Å². The molecule has 0 aromatic heterocycles. The van der Waals surface area contributed by atoms with Gasteiger partial charge in [0.15, 0.2) is 0 Å². The average Bonchev–Trinajstić information content (AvgIpc) is 2.52. The Bertz CT molecular complexity index is 243. The monoisotopic (exact) mass is 238 g/mol. The summed E-state index contributed by atoms with van der Waals surface area (Å²) < 4.78 is 0. The molecule has 1 saturated carbocycles. The second-order valence-electron chi connectivity index (χ2n) is 5.84. The van der Waals surface area contributed by atoms with Crippen molar-refractivity contribution in [2.24, 2.45) is 11.8 Å². The van der Waals surface area contributed by atoms with E-state index in [0.717, 1.165) is 13.1 Å². The molecule has 3 heteroatoms. The fourth-order valence-corrected chi connectivity index (χ4v) is 3.00. The Morgan fingerprint density at radius 1 is 1.24 bits per heavy atom. The van der Waals surface area contributed by atoms with Crippen LogP contribution >= 0.6 is 0 Å². The summed E-state index contributed by atoms with van der Waals surface area (Å²) >= 11 is 0. The van der Waals surface area contributed by atoms with Gasteiger partial charge in [-0.2, -0.15) is 0 Å². The Balaban J connectivity index is 1.70. The summed E-state index contributed by atoms with van der Waals surface area (Å²) in [6.45, 7) is 4.23. The van der Waals surface area contributed by atoms with Crippen LogP contribution < -0.4 is 10.6 Å². The van der Waals surface area contributed by atoms with Crippen molar-refractivity contribution in [1.82, 2.24) is 10.6 Å². The normalized spacial score (nSPS) is 24.8. The molecular formula is C14H26N2O. The summed E-state index contributed by atoms with van der Waals surface area (Å²) in [7, 11) is 0. The van der Waals surface area contributed by atoms with Crippen LogP contribution in [0.1, 0.15) is 51.9 Å². The molecule has 0 aromatic carbocycles. The minimum Gasteiger partial charge on any atom is -0.353 e. The number of carbonyl (C=O) groups excluding carboxylic acids is 1. The molecule has 0 spiro atoms.